The normalized spacial score (nSPS) is 18.1. The quantitative estimate of drug-likeness (QED) is 0.440. The molecule has 1 saturated carbocycles. The molecule has 172 valence electrons. The summed E-state index contributed by atoms with van der Waals surface area (Å²) >= 11 is 3.55. The maximum absolute atomic E-state index is 5.49. The summed E-state index contributed by atoms with van der Waals surface area (Å²) in [5.74, 6) is 2.60. The maximum atomic E-state index is 5.49. The summed E-state index contributed by atoms with van der Waals surface area (Å²) in [4.78, 5) is 11.6. The van der Waals surface area contributed by atoms with Crippen molar-refractivity contribution in [3.8, 4) is 5.75 Å². The highest BCUT2D eigenvalue weighted by molar-refractivity contribution is 9.10. The summed E-state index contributed by atoms with van der Waals surface area (Å²) in [5.41, 5.74) is 2.15. The third-order valence-corrected chi connectivity index (χ3v) is 6.38. The molecule has 7 heteroatoms. The lowest BCUT2D eigenvalue weighted by atomic mass is 9.91. The van der Waals surface area contributed by atoms with E-state index in [4.69, 9.17) is 14.7 Å². The molecule has 2 N–H and O–H groups in total. The molecule has 0 aliphatic heterocycles. The number of rotatable bonds is 7. The molecule has 1 aromatic heterocycles. The van der Waals surface area contributed by atoms with Crippen LogP contribution in [0.15, 0.2) is 46.9 Å². The molecule has 6 nitrogen and oxygen atoms in total. The highest BCUT2D eigenvalue weighted by Crippen LogP contribution is 2.27. The number of benzene rings is 2. The number of anilines is 2. The number of halogens is 1. The fourth-order valence-electron chi connectivity index (χ4n) is 4.23. The highest BCUT2D eigenvalue weighted by atomic mass is 79.9. The summed E-state index contributed by atoms with van der Waals surface area (Å²) in [6.45, 7) is 0.811. The van der Waals surface area contributed by atoms with Crippen LogP contribution >= 0.6 is 15.9 Å². The van der Waals surface area contributed by atoms with Crippen LogP contribution in [0.5, 0.6) is 5.75 Å². The maximum Gasteiger partial charge on any atom is 0.225 e. The van der Waals surface area contributed by atoms with Crippen LogP contribution in [0.1, 0.15) is 38.7 Å². The summed E-state index contributed by atoms with van der Waals surface area (Å²) in [6, 6.07) is 15.2. The average Bonchev–Trinajstić information content (AvgIpc) is 2.78. The fraction of sp³-hybridized carbons (Fsp3) is 0.440. The van der Waals surface area contributed by atoms with Gasteiger partial charge in [0.25, 0.3) is 0 Å². The van der Waals surface area contributed by atoms with Gasteiger partial charge in [-0.2, -0.15) is 4.98 Å². The molecule has 1 aliphatic rings. The van der Waals surface area contributed by atoms with Crippen molar-refractivity contribution < 1.29 is 4.74 Å². The first kappa shape index (κ1) is 24.3. The zero-order valence-electron chi connectivity index (χ0n) is 18.4. The van der Waals surface area contributed by atoms with Crippen LogP contribution in [0.4, 0.5) is 11.8 Å². The van der Waals surface area contributed by atoms with Crippen molar-refractivity contribution >= 4 is 38.6 Å². The molecule has 0 saturated heterocycles. The Kier molecular flexibility index (Phi) is 8.32. The van der Waals surface area contributed by atoms with Gasteiger partial charge in [0.2, 0.25) is 5.95 Å². The molecule has 32 heavy (non-hydrogen) atoms. The van der Waals surface area contributed by atoms with Crippen molar-refractivity contribution in [1.82, 2.24) is 15.3 Å². The van der Waals surface area contributed by atoms with Gasteiger partial charge in [-0.1, -0.05) is 35.5 Å². The number of hydrogen-bond acceptors (Lipinski definition) is 6. The van der Waals surface area contributed by atoms with Crippen LogP contribution in [0, 0.1) is 0 Å². The standard InChI is InChI=1S/C24H30BrN5O.CH4/c1-30(2)23-20-6-4-5-7-21(20)28-24(29-23)27-19-11-9-18(10-12-19)26-15-16-14-17(25)8-13-22(16)31-3;/h4-8,13-14,18-19,26H,9-12,15H2,1-3H3,(H,27,28,29);1H4. The second kappa shape index (κ2) is 11.0. The van der Waals surface area contributed by atoms with E-state index in [9.17, 15) is 0 Å². The summed E-state index contributed by atoms with van der Waals surface area (Å²) in [7, 11) is 5.77. The summed E-state index contributed by atoms with van der Waals surface area (Å²) in [6.07, 6.45) is 4.45. The Bertz CT molecular complexity index is 1030. The van der Waals surface area contributed by atoms with E-state index in [2.05, 4.69) is 38.7 Å². The van der Waals surface area contributed by atoms with Crippen molar-refractivity contribution in [2.75, 3.05) is 31.4 Å². The Hall–Kier alpha value is -2.38. The lowest BCUT2D eigenvalue weighted by molar-refractivity contribution is 0.348. The van der Waals surface area contributed by atoms with Crippen molar-refractivity contribution in [1.29, 1.82) is 0 Å². The van der Waals surface area contributed by atoms with E-state index in [1.807, 2.05) is 49.3 Å². The second-order valence-electron chi connectivity index (χ2n) is 8.31. The van der Waals surface area contributed by atoms with Crippen LogP contribution in [0.3, 0.4) is 0 Å². The van der Waals surface area contributed by atoms with Gasteiger partial charge in [0.1, 0.15) is 11.6 Å². The molecule has 1 fully saturated rings. The number of fused-ring (bicyclic) bond motifs is 1. The minimum absolute atomic E-state index is 0. The number of nitrogens with one attached hydrogen (secondary N) is 2. The van der Waals surface area contributed by atoms with E-state index < -0.39 is 0 Å². The lowest BCUT2D eigenvalue weighted by Crippen LogP contribution is -2.37. The summed E-state index contributed by atoms with van der Waals surface area (Å²) < 4.78 is 6.57. The average molecular weight is 500 g/mol. The molecule has 0 unspecified atom stereocenters. The number of aromatic nitrogens is 2. The van der Waals surface area contributed by atoms with E-state index >= 15 is 0 Å². The van der Waals surface area contributed by atoms with Crippen molar-refractivity contribution in [2.45, 2.75) is 51.7 Å². The van der Waals surface area contributed by atoms with Gasteiger partial charge in [-0.3, -0.25) is 0 Å². The Morgan fingerprint density at radius 2 is 1.75 bits per heavy atom. The van der Waals surface area contributed by atoms with E-state index in [1.165, 1.54) is 5.56 Å². The Morgan fingerprint density at radius 3 is 2.47 bits per heavy atom. The first-order valence-electron chi connectivity index (χ1n) is 10.8. The highest BCUT2D eigenvalue weighted by Gasteiger charge is 2.22. The van der Waals surface area contributed by atoms with E-state index in [0.717, 1.165) is 65.1 Å². The van der Waals surface area contributed by atoms with Gasteiger partial charge >= 0.3 is 0 Å². The predicted molar refractivity (Wildman–Crippen MR) is 138 cm³/mol. The zero-order chi connectivity index (χ0) is 21.8. The number of nitrogens with zero attached hydrogens (tertiary/aromatic N) is 3. The molecule has 0 radical (unpaired) electrons. The first-order valence-corrected chi connectivity index (χ1v) is 11.6. The molecule has 2 aromatic carbocycles. The van der Waals surface area contributed by atoms with Gasteiger partial charge in [0.05, 0.1) is 12.6 Å². The second-order valence-corrected chi connectivity index (χ2v) is 9.23. The molecule has 1 aliphatic carbocycles. The van der Waals surface area contributed by atoms with Gasteiger partial charge in [0, 0.05) is 48.1 Å². The Morgan fingerprint density at radius 1 is 1.03 bits per heavy atom. The monoisotopic (exact) mass is 499 g/mol. The molecule has 0 amide bonds. The van der Waals surface area contributed by atoms with Crippen molar-refractivity contribution in [3.63, 3.8) is 0 Å². The summed E-state index contributed by atoms with van der Waals surface area (Å²) in [5, 5.41) is 8.37. The third kappa shape index (κ3) is 5.70. The van der Waals surface area contributed by atoms with Gasteiger partial charge in [-0.25, -0.2) is 4.98 Å². The topological polar surface area (TPSA) is 62.3 Å². The predicted octanol–water partition coefficient (Wildman–Crippen LogP) is 5.62. The number of hydrogen-bond donors (Lipinski definition) is 2. The van der Waals surface area contributed by atoms with E-state index in [0.29, 0.717) is 12.1 Å². The third-order valence-electron chi connectivity index (χ3n) is 5.89. The van der Waals surface area contributed by atoms with Gasteiger partial charge in [0.15, 0.2) is 0 Å². The first-order chi connectivity index (χ1) is 15.0. The van der Waals surface area contributed by atoms with Crippen LogP contribution < -0.4 is 20.3 Å². The molecule has 1 heterocycles. The number of para-hydroxylation sites is 1. The Labute approximate surface area is 199 Å². The molecular weight excluding hydrogens is 466 g/mol. The van der Waals surface area contributed by atoms with Crippen molar-refractivity contribution in [3.05, 3.63) is 52.5 Å². The van der Waals surface area contributed by atoms with Crippen LogP contribution in [0.2, 0.25) is 0 Å². The molecule has 4 rings (SSSR count). The zero-order valence-corrected chi connectivity index (χ0v) is 19.9. The number of ether oxygens (including phenoxy) is 1. The van der Waals surface area contributed by atoms with E-state index in [-0.39, 0.29) is 7.43 Å². The Balaban J connectivity index is 0.00000289. The number of methoxy groups -OCH3 is 1. The molecule has 0 spiro atoms. The molecule has 3 aromatic rings. The van der Waals surface area contributed by atoms with Gasteiger partial charge < -0.3 is 20.3 Å². The fourth-order valence-corrected chi connectivity index (χ4v) is 4.64. The smallest absolute Gasteiger partial charge is 0.225 e. The van der Waals surface area contributed by atoms with Crippen LogP contribution in [-0.4, -0.2) is 43.3 Å². The minimum Gasteiger partial charge on any atom is -0.496 e. The minimum atomic E-state index is 0. The van der Waals surface area contributed by atoms with E-state index in [1.54, 1.807) is 7.11 Å². The van der Waals surface area contributed by atoms with Crippen LogP contribution in [-0.2, 0) is 6.54 Å². The van der Waals surface area contributed by atoms with Gasteiger partial charge in [-0.15, -0.1) is 0 Å². The lowest BCUT2D eigenvalue weighted by Gasteiger charge is -2.30. The van der Waals surface area contributed by atoms with Gasteiger partial charge in [-0.05, 0) is 56.0 Å². The largest absolute Gasteiger partial charge is 0.496 e. The van der Waals surface area contributed by atoms with Crippen molar-refractivity contribution in [2.24, 2.45) is 0 Å². The molecule has 0 bridgehead atoms. The SMILES string of the molecule is C.COc1ccc(Br)cc1CNC1CCC(Nc2nc(N(C)C)c3ccccc3n2)CC1. The molecular formula is C25H34BrN5O. The van der Waals surface area contributed by atoms with Crippen LogP contribution in [0.25, 0.3) is 10.9 Å². The molecule has 0 atom stereocenters.